The summed E-state index contributed by atoms with van der Waals surface area (Å²) >= 11 is 18.1. The van der Waals surface area contributed by atoms with Gasteiger partial charge in [0.05, 0.1) is 15.5 Å². The molecule has 0 aliphatic heterocycles. The van der Waals surface area contributed by atoms with Crippen molar-refractivity contribution in [2.24, 2.45) is 0 Å². The molecule has 156 valence electrons. The van der Waals surface area contributed by atoms with Gasteiger partial charge in [-0.1, -0.05) is 58.6 Å². The van der Waals surface area contributed by atoms with Crippen molar-refractivity contribution >= 4 is 56.4 Å². The zero-order valence-electron chi connectivity index (χ0n) is 15.7. The minimum absolute atomic E-state index is 0.117. The van der Waals surface area contributed by atoms with Crippen LogP contribution in [0.15, 0.2) is 65.6 Å². The predicted molar refractivity (Wildman–Crippen MR) is 121 cm³/mol. The summed E-state index contributed by atoms with van der Waals surface area (Å²) in [7, 11) is -3.81. The van der Waals surface area contributed by atoms with Gasteiger partial charge >= 0.3 is 0 Å². The molecule has 0 bridgehead atoms. The van der Waals surface area contributed by atoms with Crippen LogP contribution in [0.3, 0.4) is 0 Å². The molecule has 0 spiro atoms. The molecule has 0 saturated carbocycles. The molecule has 0 radical (unpaired) electrons. The van der Waals surface area contributed by atoms with E-state index in [0.717, 1.165) is 5.56 Å². The Kier molecular flexibility index (Phi) is 6.93. The second kappa shape index (κ2) is 9.27. The number of carbonyl (C=O) groups is 1. The second-order valence-corrected chi connectivity index (χ2v) is 9.46. The average Bonchev–Trinajstić information content (AvgIpc) is 2.68. The van der Waals surface area contributed by atoms with Crippen LogP contribution in [-0.4, -0.2) is 14.3 Å². The van der Waals surface area contributed by atoms with Crippen LogP contribution < -0.4 is 10.0 Å². The van der Waals surface area contributed by atoms with Crippen LogP contribution >= 0.6 is 34.8 Å². The number of nitrogens with one attached hydrogen (secondary N) is 2. The molecule has 0 atom stereocenters. The summed E-state index contributed by atoms with van der Waals surface area (Å²) in [5, 5.41) is 3.82. The van der Waals surface area contributed by atoms with E-state index in [1.807, 2.05) is 6.92 Å². The zero-order chi connectivity index (χ0) is 21.9. The lowest BCUT2D eigenvalue weighted by Crippen LogP contribution is -2.23. The summed E-state index contributed by atoms with van der Waals surface area (Å²) in [5.41, 5.74) is 1.97. The van der Waals surface area contributed by atoms with Crippen molar-refractivity contribution in [2.45, 2.75) is 18.4 Å². The van der Waals surface area contributed by atoms with Gasteiger partial charge in [0, 0.05) is 22.3 Å². The van der Waals surface area contributed by atoms with Crippen molar-refractivity contribution in [1.82, 2.24) is 5.32 Å². The first kappa shape index (κ1) is 22.4. The summed E-state index contributed by atoms with van der Waals surface area (Å²) in [4.78, 5) is 12.7. The normalized spacial score (nSPS) is 11.2. The summed E-state index contributed by atoms with van der Waals surface area (Å²) in [6.45, 7) is 2.02. The number of rotatable bonds is 6. The van der Waals surface area contributed by atoms with Gasteiger partial charge in [-0.2, -0.15) is 0 Å². The van der Waals surface area contributed by atoms with E-state index in [4.69, 9.17) is 34.8 Å². The minimum Gasteiger partial charge on any atom is -0.348 e. The Morgan fingerprint density at radius 1 is 0.900 bits per heavy atom. The van der Waals surface area contributed by atoms with Crippen LogP contribution in [0.25, 0.3) is 0 Å². The number of amides is 1. The third kappa shape index (κ3) is 5.46. The molecule has 0 saturated heterocycles. The lowest BCUT2D eigenvalue weighted by molar-refractivity contribution is 0.0951. The highest BCUT2D eigenvalue weighted by Gasteiger charge is 2.17. The highest BCUT2D eigenvalue weighted by molar-refractivity contribution is 7.92. The van der Waals surface area contributed by atoms with Gasteiger partial charge in [0.25, 0.3) is 15.9 Å². The molecule has 3 aromatic carbocycles. The molecule has 0 aliphatic carbocycles. The number of aryl methyl sites for hydroxylation is 1. The first-order chi connectivity index (χ1) is 14.2. The predicted octanol–water partition coefficient (Wildman–Crippen LogP) is 5.69. The monoisotopic (exact) mass is 482 g/mol. The molecule has 1 amide bonds. The zero-order valence-corrected chi connectivity index (χ0v) is 18.8. The van der Waals surface area contributed by atoms with Gasteiger partial charge in [0.2, 0.25) is 0 Å². The van der Waals surface area contributed by atoms with Crippen LogP contribution in [0.2, 0.25) is 15.1 Å². The Morgan fingerprint density at radius 3 is 2.27 bits per heavy atom. The highest BCUT2D eigenvalue weighted by Crippen LogP contribution is 2.24. The fourth-order valence-corrected chi connectivity index (χ4v) is 4.36. The molecule has 0 fully saturated rings. The number of carbonyl (C=O) groups excluding carboxylic acids is 1. The molecular weight excluding hydrogens is 467 g/mol. The van der Waals surface area contributed by atoms with Crippen LogP contribution in [0.4, 0.5) is 5.69 Å². The maximum absolute atomic E-state index is 12.6. The Morgan fingerprint density at radius 2 is 1.60 bits per heavy atom. The third-order valence-corrected chi connectivity index (χ3v) is 6.56. The van der Waals surface area contributed by atoms with Crippen LogP contribution in [0.1, 0.15) is 21.5 Å². The molecule has 5 nitrogen and oxygen atoms in total. The van der Waals surface area contributed by atoms with Crippen molar-refractivity contribution in [3.8, 4) is 0 Å². The van der Waals surface area contributed by atoms with Gasteiger partial charge in [0.1, 0.15) is 0 Å². The van der Waals surface area contributed by atoms with Gasteiger partial charge in [-0.05, 0) is 55.0 Å². The largest absolute Gasteiger partial charge is 0.348 e. The van der Waals surface area contributed by atoms with Gasteiger partial charge in [0.15, 0.2) is 0 Å². The molecule has 30 heavy (non-hydrogen) atoms. The molecule has 0 aromatic heterocycles. The van der Waals surface area contributed by atoms with Crippen molar-refractivity contribution in [1.29, 1.82) is 0 Å². The number of hydrogen-bond acceptors (Lipinski definition) is 3. The summed E-state index contributed by atoms with van der Waals surface area (Å²) in [6, 6.07) is 15.7. The van der Waals surface area contributed by atoms with E-state index in [1.54, 1.807) is 30.3 Å². The minimum atomic E-state index is -3.81. The number of anilines is 1. The molecule has 0 unspecified atom stereocenters. The fourth-order valence-electron chi connectivity index (χ4n) is 2.63. The molecule has 3 rings (SSSR count). The van der Waals surface area contributed by atoms with Gasteiger partial charge < -0.3 is 5.32 Å². The van der Waals surface area contributed by atoms with Crippen LogP contribution in [0.5, 0.6) is 0 Å². The highest BCUT2D eigenvalue weighted by atomic mass is 35.5. The van der Waals surface area contributed by atoms with Crippen molar-refractivity contribution in [3.05, 3.63) is 92.4 Å². The van der Waals surface area contributed by atoms with E-state index >= 15 is 0 Å². The third-order valence-electron chi connectivity index (χ3n) is 4.25. The van der Waals surface area contributed by atoms with E-state index in [1.165, 1.54) is 30.3 Å². The van der Waals surface area contributed by atoms with Gasteiger partial charge in [-0.3, -0.25) is 9.52 Å². The molecule has 0 aliphatic rings. The van der Waals surface area contributed by atoms with E-state index in [2.05, 4.69) is 10.0 Å². The lowest BCUT2D eigenvalue weighted by atomic mass is 10.1. The fraction of sp³-hybridized carbons (Fsp3) is 0.0952. The van der Waals surface area contributed by atoms with E-state index < -0.39 is 15.9 Å². The maximum atomic E-state index is 12.6. The summed E-state index contributed by atoms with van der Waals surface area (Å²) in [5.74, 6) is -0.470. The average molecular weight is 484 g/mol. The number of halogens is 3. The Hall–Kier alpha value is -2.25. The topological polar surface area (TPSA) is 75.3 Å². The van der Waals surface area contributed by atoms with Gasteiger partial charge in [-0.25, -0.2) is 8.42 Å². The summed E-state index contributed by atoms with van der Waals surface area (Å²) < 4.78 is 27.6. The summed E-state index contributed by atoms with van der Waals surface area (Å²) in [6.07, 6.45) is 0. The first-order valence-electron chi connectivity index (χ1n) is 8.77. The van der Waals surface area contributed by atoms with E-state index in [-0.39, 0.29) is 27.7 Å². The van der Waals surface area contributed by atoms with Crippen molar-refractivity contribution < 1.29 is 13.2 Å². The molecule has 0 heterocycles. The molecular formula is C21H17Cl3N2O3S. The maximum Gasteiger partial charge on any atom is 0.261 e. The molecule has 9 heteroatoms. The smallest absolute Gasteiger partial charge is 0.261 e. The number of benzene rings is 3. The van der Waals surface area contributed by atoms with Crippen LogP contribution in [0, 0.1) is 6.92 Å². The van der Waals surface area contributed by atoms with E-state index in [0.29, 0.717) is 15.6 Å². The molecule has 2 N–H and O–H groups in total. The second-order valence-electron chi connectivity index (χ2n) is 6.53. The first-order valence-corrected chi connectivity index (χ1v) is 11.4. The van der Waals surface area contributed by atoms with Crippen LogP contribution in [-0.2, 0) is 16.6 Å². The van der Waals surface area contributed by atoms with Crippen molar-refractivity contribution in [3.63, 3.8) is 0 Å². The number of hydrogen-bond donors (Lipinski definition) is 2. The standard InChI is InChI=1S/C21H17Cl3N2O3S/c1-13-2-7-17(8-3-13)30(28,29)26-16-6-9-19(23)18(11-16)21(27)25-12-14-4-5-15(22)10-20(14)24/h2-11,26H,12H2,1H3,(H,25,27). The lowest BCUT2D eigenvalue weighted by Gasteiger charge is -2.12. The van der Waals surface area contributed by atoms with E-state index in [9.17, 15) is 13.2 Å². The number of sulfonamides is 1. The SMILES string of the molecule is Cc1ccc(S(=O)(=O)Nc2ccc(Cl)c(C(=O)NCc3ccc(Cl)cc3Cl)c2)cc1. The molecule has 3 aromatic rings. The van der Waals surface area contributed by atoms with Crippen molar-refractivity contribution in [2.75, 3.05) is 4.72 Å². The Labute approximate surface area is 190 Å². The van der Waals surface area contributed by atoms with Gasteiger partial charge in [-0.15, -0.1) is 0 Å². The Balaban J connectivity index is 1.77. The Bertz CT molecular complexity index is 1200. The quantitative estimate of drug-likeness (QED) is 0.473.